The van der Waals surface area contributed by atoms with Gasteiger partial charge in [-0.3, -0.25) is 14.3 Å². The standard InChI is InChI=1S/C16H19ClN6O2/c1-8(17)3-11(15(18)24)21-12-4-9-5-19-16(25)13(9)14(22-12)10-6-20-23(2)7-10/h4,6-8,11H,3,5H2,1-2H3,(H2,18,24)(H,19,25)(H,21,22)/t8?,11-/m1/s1. The number of nitrogens with one attached hydrogen (secondary N) is 2. The Labute approximate surface area is 149 Å². The number of nitrogens with two attached hydrogens (primary N) is 1. The Morgan fingerprint density at radius 2 is 2.32 bits per heavy atom. The topological polar surface area (TPSA) is 115 Å². The predicted molar refractivity (Wildman–Crippen MR) is 94.1 cm³/mol. The first-order valence-electron chi connectivity index (χ1n) is 7.86. The van der Waals surface area contributed by atoms with Crippen molar-refractivity contribution in [1.29, 1.82) is 0 Å². The number of nitrogens with zero attached hydrogens (tertiary/aromatic N) is 3. The van der Waals surface area contributed by atoms with Crippen LogP contribution in [0.4, 0.5) is 5.82 Å². The molecule has 2 aromatic heterocycles. The van der Waals surface area contributed by atoms with Crippen molar-refractivity contribution in [2.45, 2.75) is 31.3 Å². The third-order valence-corrected chi connectivity index (χ3v) is 4.15. The first-order valence-corrected chi connectivity index (χ1v) is 8.30. The summed E-state index contributed by atoms with van der Waals surface area (Å²) in [6.45, 7) is 2.20. The fourth-order valence-electron chi connectivity index (χ4n) is 2.83. The second-order valence-electron chi connectivity index (χ2n) is 6.09. The molecule has 3 heterocycles. The molecule has 1 aliphatic rings. The van der Waals surface area contributed by atoms with Gasteiger partial charge in [0.25, 0.3) is 5.91 Å². The molecule has 2 aromatic rings. The van der Waals surface area contributed by atoms with Crippen molar-refractivity contribution in [2.24, 2.45) is 12.8 Å². The predicted octanol–water partition coefficient (Wildman–Crippen LogP) is 1.01. The van der Waals surface area contributed by atoms with Crippen molar-refractivity contribution in [2.75, 3.05) is 5.32 Å². The van der Waals surface area contributed by atoms with Gasteiger partial charge in [-0.1, -0.05) is 0 Å². The SMILES string of the molecule is CC(Cl)C[C@@H](Nc1cc2c(c(-c3cnn(C)c3)n1)C(=O)NC2)C(N)=O. The maximum Gasteiger partial charge on any atom is 0.254 e. The summed E-state index contributed by atoms with van der Waals surface area (Å²) in [5.74, 6) is -0.212. The van der Waals surface area contributed by atoms with Gasteiger partial charge in [-0.25, -0.2) is 4.98 Å². The molecule has 1 unspecified atom stereocenters. The molecule has 0 radical (unpaired) electrons. The third-order valence-electron chi connectivity index (χ3n) is 3.97. The van der Waals surface area contributed by atoms with E-state index in [0.29, 0.717) is 30.0 Å². The van der Waals surface area contributed by atoms with Gasteiger partial charge in [0, 0.05) is 30.7 Å². The van der Waals surface area contributed by atoms with Gasteiger partial charge >= 0.3 is 0 Å². The number of hydrogen-bond acceptors (Lipinski definition) is 5. The lowest BCUT2D eigenvalue weighted by molar-refractivity contribution is -0.118. The molecular formula is C16H19ClN6O2. The van der Waals surface area contributed by atoms with Crippen LogP contribution in [-0.2, 0) is 18.4 Å². The Bertz CT molecular complexity index is 832. The van der Waals surface area contributed by atoms with Crippen molar-refractivity contribution in [3.8, 4) is 11.3 Å². The molecular weight excluding hydrogens is 344 g/mol. The zero-order chi connectivity index (χ0) is 18.1. The minimum Gasteiger partial charge on any atom is -0.368 e. The van der Waals surface area contributed by atoms with Gasteiger partial charge in [0.2, 0.25) is 5.91 Å². The van der Waals surface area contributed by atoms with Gasteiger partial charge in [0.05, 0.1) is 17.5 Å². The number of aryl methyl sites for hydroxylation is 1. The zero-order valence-electron chi connectivity index (χ0n) is 13.9. The summed E-state index contributed by atoms with van der Waals surface area (Å²) < 4.78 is 1.64. The summed E-state index contributed by atoms with van der Waals surface area (Å²) >= 11 is 5.99. The number of fused-ring (bicyclic) bond motifs is 1. The lowest BCUT2D eigenvalue weighted by Crippen LogP contribution is -2.37. The van der Waals surface area contributed by atoms with Crippen molar-refractivity contribution in [1.82, 2.24) is 20.1 Å². The smallest absolute Gasteiger partial charge is 0.254 e. The van der Waals surface area contributed by atoms with Crippen molar-refractivity contribution >= 4 is 29.2 Å². The number of aromatic nitrogens is 3. The Kier molecular flexibility index (Phi) is 4.63. The second kappa shape index (κ2) is 6.72. The van der Waals surface area contributed by atoms with E-state index in [1.165, 1.54) is 0 Å². The molecule has 0 saturated heterocycles. The van der Waals surface area contributed by atoms with Crippen LogP contribution in [0.2, 0.25) is 0 Å². The minimum absolute atomic E-state index is 0.172. The molecule has 0 aliphatic carbocycles. The van der Waals surface area contributed by atoms with E-state index in [4.69, 9.17) is 17.3 Å². The second-order valence-corrected chi connectivity index (χ2v) is 6.84. The molecule has 8 nitrogen and oxygen atoms in total. The summed E-state index contributed by atoms with van der Waals surface area (Å²) in [4.78, 5) is 28.4. The van der Waals surface area contributed by atoms with Crippen LogP contribution in [0.25, 0.3) is 11.3 Å². The van der Waals surface area contributed by atoms with E-state index in [9.17, 15) is 9.59 Å². The number of rotatable bonds is 6. The highest BCUT2D eigenvalue weighted by atomic mass is 35.5. The van der Waals surface area contributed by atoms with Crippen molar-refractivity contribution in [3.05, 3.63) is 29.6 Å². The van der Waals surface area contributed by atoms with E-state index in [2.05, 4.69) is 20.7 Å². The molecule has 9 heteroatoms. The number of primary amides is 1. The van der Waals surface area contributed by atoms with Crippen LogP contribution < -0.4 is 16.4 Å². The Balaban J connectivity index is 2.01. The average molecular weight is 363 g/mol. The van der Waals surface area contributed by atoms with Crippen LogP contribution >= 0.6 is 11.6 Å². The number of pyridine rings is 1. The summed E-state index contributed by atoms with van der Waals surface area (Å²) in [6, 6.07) is 1.10. The maximum absolute atomic E-state index is 12.2. The van der Waals surface area contributed by atoms with Crippen LogP contribution in [0.3, 0.4) is 0 Å². The Morgan fingerprint density at radius 1 is 1.56 bits per heavy atom. The summed E-state index contributed by atoms with van der Waals surface area (Å²) in [7, 11) is 1.79. The summed E-state index contributed by atoms with van der Waals surface area (Å²) in [6.07, 6.45) is 3.80. The monoisotopic (exact) mass is 362 g/mol. The third kappa shape index (κ3) is 3.58. The van der Waals surface area contributed by atoms with Gasteiger partial charge in [-0.15, -0.1) is 11.6 Å². The number of halogens is 1. The minimum atomic E-state index is -0.648. The number of alkyl halides is 1. The van der Waals surface area contributed by atoms with E-state index in [1.54, 1.807) is 37.1 Å². The molecule has 4 N–H and O–H groups in total. The Morgan fingerprint density at radius 3 is 2.92 bits per heavy atom. The normalized spacial score (nSPS) is 15.4. The molecule has 1 aliphatic heterocycles. The van der Waals surface area contributed by atoms with Crippen LogP contribution in [0.5, 0.6) is 0 Å². The van der Waals surface area contributed by atoms with Gasteiger partial charge in [-0.2, -0.15) is 5.10 Å². The van der Waals surface area contributed by atoms with Crippen LogP contribution in [0, 0.1) is 0 Å². The van der Waals surface area contributed by atoms with Gasteiger partial charge in [-0.05, 0) is 25.0 Å². The van der Waals surface area contributed by atoms with Crippen molar-refractivity contribution in [3.63, 3.8) is 0 Å². The molecule has 132 valence electrons. The molecule has 25 heavy (non-hydrogen) atoms. The van der Waals surface area contributed by atoms with Crippen LogP contribution in [-0.4, -0.2) is 38.0 Å². The number of amides is 2. The van der Waals surface area contributed by atoms with Gasteiger partial charge in [0.15, 0.2) is 0 Å². The number of carbonyl (C=O) groups is 2. The number of anilines is 1. The quantitative estimate of drug-likeness (QED) is 0.663. The molecule has 0 fully saturated rings. The first-order chi connectivity index (χ1) is 11.8. The van der Waals surface area contributed by atoms with Crippen LogP contribution in [0.1, 0.15) is 29.3 Å². The fourth-order valence-corrected chi connectivity index (χ4v) is 3.01. The first kappa shape index (κ1) is 17.2. The van der Waals surface area contributed by atoms with E-state index < -0.39 is 11.9 Å². The molecule has 0 saturated carbocycles. The van der Waals surface area contributed by atoms with E-state index in [0.717, 1.165) is 11.1 Å². The summed E-state index contributed by atoms with van der Waals surface area (Å²) in [5.41, 5.74) is 8.03. The maximum atomic E-state index is 12.2. The van der Waals surface area contributed by atoms with E-state index in [1.807, 2.05) is 0 Å². The Hall–Kier alpha value is -2.61. The lowest BCUT2D eigenvalue weighted by Gasteiger charge is -2.18. The van der Waals surface area contributed by atoms with Gasteiger partial charge in [0.1, 0.15) is 11.9 Å². The summed E-state index contributed by atoms with van der Waals surface area (Å²) in [5, 5.41) is 9.74. The van der Waals surface area contributed by atoms with Gasteiger partial charge < -0.3 is 16.4 Å². The fraction of sp³-hybridized carbons (Fsp3) is 0.375. The highest BCUT2D eigenvalue weighted by Crippen LogP contribution is 2.30. The lowest BCUT2D eigenvalue weighted by atomic mass is 10.0. The molecule has 2 atom stereocenters. The average Bonchev–Trinajstić information content (AvgIpc) is 3.12. The van der Waals surface area contributed by atoms with E-state index >= 15 is 0 Å². The largest absolute Gasteiger partial charge is 0.368 e. The molecule has 3 rings (SSSR count). The molecule has 0 aromatic carbocycles. The molecule has 2 amide bonds. The molecule has 0 spiro atoms. The number of carbonyl (C=O) groups excluding carboxylic acids is 2. The highest BCUT2D eigenvalue weighted by molar-refractivity contribution is 6.20. The highest BCUT2D eigenvalue weighted by Gasteiger charge is 2.27. The number of hydrogen-bond donors (Lipinski definition) is 3. The zero-order valence-corrected chi connectivity index (χ0v) is 14.7. The molecule has 0 bridgehead atoms. The van der Waals surface area contributed by atoms with E-state index in [-0.39, 0.29) is 11.3 Å². The van der Waals surface area contributed by atoms with Crippen LogP contribution in [0.15, 0.2) is 18.5 Å². The van der Waals surface area contributed by atoms with Crippen molar-refractivity contribution < 1.29 is 9.59 Å².